The molecule has 0 spiro atoms. The van der Waals surface area contributed by atoms with Gasteiger partial charge in [0, 0.05) is 11.9 Å². The van der Waals surface area contributed by atoms with Gasteiger partial charge in [0.2, 0.25) is 0 Å². The number of rotatable bonds is 2. The van der Waals surface area contributed by atoms with Crippen molar-refractivity contribution in [2.24, 2.45) is 0 Å². The summed E-state index contributed by atoms with van der Waals surface area (Å²) in [6.07, 6.45) is -2.07. The Labute approximate surface area is 113 Å². The molecule has 0 bridgehead atoms. The molecule has 3 nitrogen and oxygen atoms in total. The molecule has 0 saturated heterocycles. The molecular formula is C11H6BrF4N3. The van der Waals surface area contributed by atoms with E-state index in [1.54, 1.807) is 0 Å². The Morgan fingerprint density at radius 2 is 1.95 bits per heavy atom. The van der Waals surface area contributed by atoms with Crippen LogP contribution < -0.4 is 5.32 Å². The van der Waals surface area contributed by atoms with Crippen LogP contribution >= 0.6 is 15.9 Å². The van der Waals surface area contributed by atoms with Gasteiger partial charge in [-0.15, -0.1) is 0 Å². The fourth-order valence-electron chi connectivity index (χ4n) is 1.36. The summed E-state index contributed by atoms with van der Waals surface area (Å²) in [6.45, 7) is 0. The molecule has 100 valence electrons. The molecule has 0 amide bonds. The Hall–Kier alpha value is -1.70. The van der Waals surface area contributed by atoms with E-state index in [1.165, 1.54) is 18.6 Å². The summed E-state index contributed by atoms with van der Waals surface area (Å²) >= 11 is 3.14. The summed E-state index contributed by atoms with van der Waals surface area (Å²) < 4.78 is 51.2. The topological polar surface area (TPSA) is 37.8 Å². The molecule has 0 atom stereocenters. The van der Waals surface area contributed by atoms with E-state index in [0.29, 0.717) is 10.5 Å². The van der Waals surface area contributed by atoms with Gasteiger partial charge in [-0.05, 0) is 34.1 Å². The molecule has 2 rings (SSSR count). The van der Waals surface area contributed by atoms with Crippen LogP contribution in [0.1, 0.15) is 5.56 Å². The Morgan fingerprint density at radius 3 is 2.58 bits per heavy atom. The number of anilines is 2. The van der Waals surface area contributed by atoms with Crippen molar-refractivity contribution in [1.82, 2.24) is 9.97 Å². The molecule has 1 N–H and O–H groups in total. The van der Waals surface area contributed by atoms with E-state index < -0.39 is 17.6 Å². The summed E-state index contributed by atoms with van der Waals surface area (Å²) in [4.78, 5) is 7.56. The molecule has 1 aromatic carbocycles. The maximum Gasteiger partial charge on any atom is 0.419 e. The fourth-order valence-corrected chi connectivity index (χ4v) is 1.68. The van der Waals surface area contributed by atoms with Crippen molar-refractivity contribution >= 4 is 27.4 Å². The number of alkyl halides is 3. The highest BCUT2D eigenvalue weighted by molar-refractivity contribution is 9.10. The smallest absolute Gasteiger partial charge is 0.339 e. The highest BCUT2D eigenvalue weighted by atomic mass is 79.9. The molecule has 1 aromatic heterocycles. The van der Waals surface area contributed by atoms with E-state index in [-0.39, 0.29) is 11.5 Å². The van der Waals surface area contributed by atoms with Crippen LogP contribution in [0.5, 0.6) is 0 Å². The summed E-state index contributed by atoms with van der Waals surface area (Å²) in [6, 6.07) is 2.63. The highest BCUT2D eigenvalue weighted by Gasteiger charge is 2.34. The van der Waals surface area contributed by atoms with E-state index in [2.05, 4.69) is 31.2 Å². The van der Waals surface area contributed by atoms with Gasteiger partial charge in [-0.3, -0.25) is 0 Å². The third-order valence-electron chi connectivity index (χ3n) is 2.20. The van der Waals surface area contributed by atoms with Crippen molar-refractivity contribution in [3.63, 3.8) is 0 Å². The molecule has 2 aromatic rings. The van der Waals surface area contributed by atoms with Crippen LogP contribution in [0.25, 0.3) is 0 Å². The van der Waals surface area contributed by atoms with Crippen molar-refractivity contribution in [3.8, 4) is 0 Å². The second-order valence-corrected chi connectivity index (χ2v) is 4.39. The number of nitrogens with one attached hydrogen (secondary N) is 1. The molecule has 0 radical (unpaired) electrons. The minimum absolute atomic E-state index is 0.0770. The van der Waals surface area contributed by atoms with Gasteiger partial charge in [0.05, 0.1) is 10.0 Å². The molecule has 0 aliphatic rings. The molecule has 8 heteroatoms. The lowest BCUT2D eigenvalue weighted by atomic mass is 10.2. The predicted octanol–water partition coefficient (Wildman–Crippen LogP) is 4.14. The summed E-state index contributed by atoms with van der Waals surface area (Å²) in [5.41, 5.74) is -1.25. The first-order chi connectivity index (χ1) is 8.88. The highest BCUT2D eigenvalue weighted by Crippen LogP contribution is 2.34. The maximum absolute atomic E-state index is 13.1. The second-order valence-electron chi connectivity index (χ2n) is 3.54. The Kier molecular flexibility index (Phi) is 3.70. The molecule has 19 heavy (non-hydrogen) atoms. The van der Waals surface area contributed by atoms with Crippen molar-refractivity contribution < 1.29 is 17.6 Å². The van der Waals surface area contributed by atoms with Gasteiger partial charge in [-0.25, -0.2) is 14.4 Å². The molecule has 0 aliphatic carbocycles. The van der Waals surface area contributed by atoms with E-state index in [9.17, 15) is 17.6 Å². The van der Waals surface area contributed by atoms with Crippen LogP contribution in [0.3, 0.4) is 0 Å². The van der Waals surface area contributed by atoms with Crippen LogP contribution in [0, 0.1) is 5.82 Å². The first-order valence-corrected chi connectivity index (χ1v) is 5.76. The van der Waals surface area contributed by atoms with Gasteiger partial charge >= 0.3 is 6.18 Å². The lowest BCUT2D eigenvalue weighted by Crippen LogP contribution is -2.08. The zero-order chi connectivity index (χ0) is 14.0. The van der Waals surface area contributed by atoms with Gasteiger partial charge in [-0.1, -0.05) is 0 Å². The van der Waals surface area contributed by atoms with E-state index in [4.69, 9.17) is 0 Å². The molecule has 0 unspecified atom stereocenters. The van der Waals surface area contributed by atoms with Crippen molar-refractivity contribution in [2.75, 3.05) is 5.32 Å². The van der Waals surface area contributed by atoms with E-state index in [1.807, 2.05) is 0 Å². The predicted molar refractivity (Wildman–Crippen MR) is 64.4 cm³/mol. The van der Waals surface area contributed by atoms with Crippen molar-refractivity contribution in [3.05, 3.63) is 46.6 Å². The SMILES string of the molecule is Fc1ccc(Nc2ncncc2Br)cc1C(F)(F)F. The van der Waals surface area contributed by atoms with Gasteiger partial charge in [0.1, 0.15) is 18.0 Å². The number of nitrogens with zero attached hydrogens (tertiary/aromatic N) is 2. The number of halogens is 5. The average Bonchev–Trinajstić information content (AvgIpc) is 2.33. The largest absolute Gasteiger partial charge is 0.419 e. The minimum atomic E-state index is -4.75. The van der Waals surface area contributed by atoms with Crippen molar-refractivity contribution in [1.29, 1.82) is 0 Å². The summed E-state index contributed by atoms with van der Waals surface area (Å²) in [5.74, 6) is -1.03. The number of hydrogen-bond acceptors (Lipinski definition) is 3. The molecule has 1 heterocycles. The summed E-state index contributed by atoms with van der Waals surface area (Å²) in [7, 11) is 0. The van der Waals surface area contributed by atoms with Crippen LogP contribution in [0.15, 0.2) is 35.2 Å². The second kappa shape index (κ2) is 5.12. The zero-order valence-corrected chi connectivity index (χ0v) is 10.8. The van der Waals surface area contributed by atoms with Gasteiger partial charge in [0.25, 0.3) is 0 Å². The van der Waals surface area contributed by atoms with E-state index in [0.717, 1.165) is 6.07 Å². The summed E-state index contributed by atoms with van der Waals surface area (Å²) in [5, 5.41) is 2.65. The lowest BCUT2D eigenvalue weighted by molar-refractivity contribution is -0.139. The van der Waals surface area contributed by atoms with Crippen LogP contribution in [-0.2, 0) is 6.18 Å². The van der Waals surface area contributed by atoms with Crippen LogP contribution in [-0.4, -0.2) is 9.97 Å². The monoisotopic (exact) mass is 335 g/mol. The van der Waals surface area contributed by atoms with Crippen molar-refractivity contribution in [2.45, 2.75) is 6.18 Å². The Bertz CT molecular complexity index is 601. The van der Waals surface area contributed by atoms with Gasteiger partial charge in [-0.2, -0.15) is 13.2 Å². The number of hydrogen-bond donors (Lipinski definition) is 1. The number of aromatic nitrogens is 2. The third-order valence-corrected chi connectivity index (χ3v) is 2.78. The molecular weight excluding hydrogens is 330 g/mol. The van der Waals surface area contributed by atoms with E-state index >= 15 is 0 Å². The van der Waals surface area contributed by atoms with Crippen LogP contribution in [0.2, 0.25) is 0 Å². The average molecular weight is 336 g/mol. The number of benzene rings is 1. The zero-order valence-electron chi connectivity index (χ0n) is 9.17. The normalized spacial score (nSPS) is 11.4. The Balaban J connectivity index is 2.35. The first-order valence-electron chi connectivity index (χ1n) is 4.97. The fraction of sp³-hybridized carbons (Fsp3) is 0.0909. The first kappa shape index (κ1) is 13.7. The molecule has 0 fully saturated rings. The lowest BCUT2D eigenvalue weighted by Gasteiger charge is -2.11. The Morgan fingerprint density at radius 1 is 1.21 bits per heavy atom. The molecule has 0 aliphatic heterocycles. The van der Waals surface area contributed by atoms with Gasteiger partial charge in [0.15, 0.2) is 0 Å². The quantitative estimate of drug-likeness (QED) is 0.838. The third kappa shape index (κ3) is 3.19. The molecule has 0 saturated carbocycles. The standard InChI is InChI=1S/C11H6BrF4N3/c12-8-4-17-5-18-10(8)19-6-1-2-9(13)7(3-6)11(14,15)16/h1-5H,(H,17,18,19). The van der Waals surface area contributed by atoms with Gasteiger partial charge < -0.3 is 5.32 Å². The maximum atomic E-state index is 13.1. The minimum Gasteiger partial charge on any atom is -0.339 e. The van der Waals surface area contributed by atoms with Crippen LogP contribution in [0.4, 0.5) is 29.1 Å².